The lowest BCUT2D eigenvalue weighted by Crippen LogP contribution is -1.86. The van der Waals surface area contributed by atoms with E-state index in [-0.39, 0.29) is 0 Å². The maximum atomic E-state index is 5.20. The van der Waals surface area contributed by atoms with Crippen LogP contribution in [0.5, 0.6) is 5.75 Å². The van der Waals surface area contributed by atoms with Crippen molar-refractivity contribution in [2.75, 3.05) is 0 Å². The van der Waals surface area contributed by atoms with E-state index in [0.717, 1.165) is 5.75 Å². The molecule has 1 aromatic carbocycles. The van der Waals surface area contributed by atoms with E-state index in [2.05, 4.69) is 32.9 Å². The molecule has 0 aliphatic rings. The first-order valence-electron chi connectivity index (χ1n) is 3.51. The Morgan fingerprint density at radius 2 is 1.55 bits per heavy atom. The molecule has 1 nitrogen and oxygen atoms in total. The molecule has 0 heterocycles. The lowest BCUT2D eigenvalue weighted by Gasteiger charge is -2.06. The van der Waals surface area contributed by atoms with Crippen molar-refractivity contribution in [1.82, 2.24) is 0 Å². The van der Waals surface area contributed by atoms with E-state index in [4.69, 9.17) is 3.07 Å². The third kappa shape index (κ3) is 1.86. The average Bonchev–Trinajstić information content (AvgIpc) is 1.85. The monoisotopic (exact) mass is 262 g/mol. The molecule has 0 aliphatic heterocycles. The third-order valence-corrected chi connectivity index (χ3v) is 2.12. The van der Waals surface area contributed by atoms with Crippen molar-refractivity contribution < 1.29 is 3.07 Å². The summed E-state index contributed by atoms with van der Waals surface area (Å²) in [4.78, 5) is 0. The number of benzene rings is 1. The van der Waals surface area contributed by atoms with Gasteiger partial charge in [-0.3, -0.25) is 0 Å². The summed E-state index contributed by atoms with van der Waals surface area (Å²) < 4.78 is 5.20. The van der Waals surface area contributed by atoms with Crippen molar-refractivity contribution in [3.63, 3.8) is 0 Å². The van der Waals surface area contributed by atoms with Gasteiger partial charge in [0.15, 0.2) is 23.0 Å². The molecule has 0 radical (unpaired) electrons. The first kappa shape index (κ1) is 8.84. The van der Waals surface area contributed by atoms with Gasteiger partial charge in [0.05, 0.1) is 0 Å². The first-order chi connectivity index (χ1) is 5.15. The standard InChI is InChI=1S/C9H11IO/c1-6-4-7(2)9(11-10)8(3)5-6/h4-5H,1-3H3. The predicted molar refractivity (Wildman–Crippen MR) is 55.3 cm³/mol. The Morgan fingerprint density at radius 1 is 1.09 bits per heavy atom. The van der Waals surface area contributed by atoms with Gasteiger partial charge >= 0.3 is 0 Å². The molecule has 0 N–H and O–H groups in total. The van der Waals surface area contributed by atoms with E-state index < -0.39 is 0 Å². The molecular weight excluding hydrogens is 251 g/mol. The lowest BCUT2D eigenvalue weighted by molar-refractivity contribution is 0.700. The smallest absolute Gasteiger partial charge is 0.192 e. The molecule has 1 aromatic rings. The molecule has 0 saturated heterocycles. The molecule has 0 saturated carbocycles. The summed E-state index contributed by atoms with van der Waals surface area (Å²) in [5.74, 6) is 0.996. The summed E-state index contributed by atoms with van der Waals surface area (Å²) >= 11 is 1.92. The maximum absolute atomic E-state index is 5.20. The first-order valence-corrected chi connectivity index (χ1v) is 4.39. The Balaban J connectivity index is 3.25. The average molecular weight is 262 g/mol. The van der Waals surface area contributed by atoms with Gasteiger partial charge in [-0.05, 0) is 31.9 Å². The molecule has 0 bridgehead atoms. The van der Waals surface area contributed by atoms with Gasteiger partial charge in [0.25, 0.3) is 0 Å². The molecule has 0 spiro atoms. The van der Waals surface area contributed by atoms with E-state index in [1.54, 1.807) is 0 Å². The SMILES string of the molecule is Cc1cc(C)c(OI)c(C)c1. The van der Waals surface area contributed by atoms with Gasteiger partial charge in [0, 0.05) is 0 Å². The Kier molecular flexibility index (Phi) is 2.76. The van der Waals surface area contributed by atoms with E-state index in [0.29, 0.717) is 0 Å². The van der Waals surface area contributed by atoms with Crippen molar-refractivity contribution in [1.29, 1.82) is 0 Å². The Morgan fingerprint density at radius 3 is 1.91 bits per heavy atom. The Bertz CT molecular complexity index is 245. The van der Waals surface area contributed by atoms with Crippen LogP contribution in [0.4, 0.5) is 0 Å². The number of halogens is 1. The second-order valence-electron chi connectivity index (χ2n) is 2.80. The van der Waals surface area contributed by atoms with Gasteiger partial charge in [0.1, 0.15) is 5.75 Å². The second-order valence-corrected chi connectivity index (χ2v) is 3.25. The minimum Gasteiger partial charge on any atom is -0.427 e. The molecule has 0 fully saturated rings. The van der Waals surface area contributed by atoms with Gasteiger partial charge < -0.3 is 3.07 Å². The second kappa shape index (κ2) is 3.43. The molecule has 2 heteroatoms. The summed E-state index contributed by atoms with van der Waals surface area (Å²) in [6, 6.07) is 4.25. The highest BCUT2D eigenvalue weighted by atomic mass is 127. The summed E-state index contributed by atoms with van der Waals surface area (Å²) in [6.45, 7) is 6.22. The van der Waals surface area contributed by atoms with E-state index >= 15 is 0 Å². The minimum atomic E-state index is 0.996. The van der Waals surface area contributed by atoms with Crippen LogP contribution in [0, 0.1) is 20.8 Å². The fourth-order valence-electron chi connectivity index (χ4n) is 1.29. The molecular formula is C9H11IO. The maximum Gasteiger partial charge on any atom is 0.192 e. The highest BCUT2D eigenvalue weighted by Crippen LogP contribution is 2.25. The summed E-state index contributed by atoms with van der Waals surface area (Å²) in [5, 5.41) is 0. The number of hydrogen-bond donors (Lipinski definition) is 0. The highest BCUT2D eigenvalue weighted by molar-refractivity contribution is 14.1. The zero-order chi connectivity index (χ0) is 8.43. The van der Waals surface area contributed by atoms with Crippen LogP contribution in [0.25, 0.3) is 0 Å². The van der Waals surface area contributed by atoms with Crippen LogP contribution in [-0.2, 0) is 0 Å². The van der Waals surface area contributed by atoms with Gasteiger partial charge in [-0.25, -0.2) is 0 Å². The zero-order valence-corrected chi connectivity index (χ0v) is 9.10. The molecule has 60 valence electrons. The van der Waals surface area contributed by atoms with Crippen LogP contribution in [-0.4, -0.2) is 0 Å². The van der Waals surface area contributed by atoms with Crippen LogP contribution in [0.2, 0.25) is 0 Å². The van der Waals surface area contributed by atoms with Crippen molar-refractivity contribution in [3.05, 3.63) is 28.8 Å². The van der Waals surface area contributed by atoms with Crippen molar-refractivity contribution in [2.24, 2.45) is 0 Å². The third-order valence-electron chi connectivity index (χ3n) is 1.68. The predicted octanol–water partition coefficient (Wildman–Crippen LogP) is 3.34. The molecule has 0 atom stereocenters. The Hall–Kier alpha value is -0.250. The summed E-state index contributed by atoms with van der Waals surface area (Å²) in [5.41, 5.74) is 3.70. The Labute approximate surface area is 81.5 Å². The van der Waals surface area contributed by atoms with Gasteiger partial charge in [-0.15, -0.1) is 0 Å². The zero-order valence-electron chi connectivity index (χ0n) is 6.94. The van der Waals surface area contributed by atoms with Crippen molar-refractivity contribution >= 4 is 23.0 Å². The summed E-state index contributed by atoms with van der Waals surface area (Å²) in [7, 11) is 0. The van der Waals surface area contributed by atoms with E-state index in [1.165, 1.54) is 16.7 Å². The molecule has 1 rings (SSSR count). The quantitative estimate of drug-likeness (QED) is 0.705. The number of hydrogen-bond acceptors (Lipinski definition) is 1. The van der Waals surface area contributed by atoms with Crippen molar-refractivity contribution in [2.45, 2.75) is 20.8 Å². The molecule has 0 aliphatic carbocycles. The van der Waals surface area contributed by atoms with Crippen LogP contribution in [0.15, 0.2) is 12.1 Å². The summed E-state index contributed by atoms with van der Waals surface area (Å²) in [6.07, 6.45) is 0. The largest absolute Gasteiger partial charge is 0.427 e. The lowest BCUT2D eigenvalue weighted by atomic mass is 10.1. The topological polar surface area (TPSA) is 9.23 Å². The minimum absolute atomic E-state index is 0.996. The van der Waals surface area contributed by atoms with Crippen LogP contribution in [0.3, 0.4) is 0 Å². The van der Waals surface area contributed by atoms with E-state index in [1.807, 2.05) is 23.0 Å². The van der Waals surface area contributed by atoms with Gasteiger partial charge in [-0.1, -0.05) is 17.7 Å². The van der Waals surface area contributed by atoms with Gasteiger partial charge in [-0.2, -0.15) is 0 Å². The number of rotatable bonds is 1. The fraction of sp³-hybridized carbons (Fsp3) is 0.333. The van der Waals surface area contributed by atoms with Gasteiger partial charge in [0.2, 0.25) is 0 Å². The van der Waals surface area contributed by atoms with Crippen molar-refractivity contribution in [3.8, 4) is 5.75 Å². The highest BCUT2D eigenvalue weighted by Gasteiger charge is 2.02. The molecule has 0 unspecified atom stereocenters. The molecule has 0 amide bonds. The number of aryl methyl sites for hydroxylation is 3. The van der Waals surface area contributed by atoms with E-state index in [9.17, 15) is 0 Å². The van der Waals surface area contributed by atoms with Crippen LogP contribution in [0.1, 0.15) is 16.7 Å². The fourth-order valence-corrected chi connectivity index (χ4v) is 1.98. The normalized spacial score (nSPS) is 9.82. The van der Waals surface area contributed by atoms with Crippen LogP contribution >= 0.6 is 23.0 Å². The van der Waals surface area contributed by atoms with Crippen LogP contribution < -0.4 is 3.07 Å². The molecule has 11 heavy (non-hydrogen) atoms. The molecule has 0 aromatic heterocycles.